The predicted octanol–water partition coefficient (Wildman–Crippen LogP) is 1.60. The molecule has 0 aliphatic carbocycles. The fourth-order valence-electron chi connectivity index (χ4n) is 2.08. The molecule has 0 amide bonds. The van der Waals surface area contributed by atoms with Gasteiger partial charge in [0.1, 0.15) is 5.78 Å². The van der Waals surface area contributed by atoms with Crippen molar-refractivity contribution in [1.82, 2.24) is 5.32 Å². The van der Waals surface area contributed by atoms with Gasteiger partial charge < -0.3 is 5.32 Å². The van der Waals surface area contributed by atoms with Crippen LogP contribution in [0.15, 0.2) is 0 Å². The van der Waals surface area contributed by atoms with Gasteiger partial charge in [-0.2, -0.15) is 0 Å². The van der Waals surface area contributed by atoms with Crippen LogP contribution in [0.4, 0.5) is 0 Å². The third kappa shape index (κ3) is 3.51. The zero-order chi connectivity index (χ0) is 10.4. The largest absolute Gasteiger partial charge is 0.316 e. The molecule has 1 fully saturated rings. The second-order valence-electron chi connectivity index (χ2n) is 4.21. The van der Waals surface area contributed by atoms with Gasteiger partial charge in [-0.1, -0.05) is 12.8 Å². The zero-order valence-corrected chi connectivity index (χ0v) is 8.88. The number of nitrogens with one attached hydrogen (secondary N) is 1. The molecule has 2 nitrogen and oxygen atoms in total. The standard InChI is InChI=1S/C12H19NO/c1-3-5-12(14)8-10(2)11-6-4-7-13-9-11/h1,10-11,13H,4-9H2,2H3. The van der Waals surface area contributed by atoms with Gasteiger partial charge >= 0.3 is 0 Å². The van der Waals surface area contributed by atoms with Gasteiger partial charge in [0.25, 0.3) is 0 Å². The molecule has 0 radical (unpaired) electrons. The van der Waals surface area contributed by atoms with Gasteiger partial charge in [-0.3, -0.25) is 4.79 Å². The van der Waals surface area contributed by atoms with E-state index < -0.39 is 0 Å². The van der Waals surface area contributed by atoms with Crippen LogP contribution < -0.4 is 5.32 Å². The average Bonchev–Trinajstić information content (AvgIpc) is 2.19. The van der Waals surface area contributed by atoms with Gasteiger partial charge in [0.2, 0.25) is 0 Å². The van der Waals surface area contributed by atoms with E-state index in [1.165, 1.54) is 12.8 Å². The number of carbonyl (C=O) groups excluding carboxylic acids is 1. The lowest BCUT2D eigenvalue weighted by Crippen LogP contribution is -2.33. The van der Waals surface area contributed by atoms with E-state index in [2.05, 4.69) is 18.2 Å². The van der Waals surface area contributed by atoms with Crippen LogP contribution >= 0.6 is 0 Å². The number of terminal acetylenes is 1. The second kappa shape index (κ2) is 5.82. The van der Waals surface area contributed by atoms with E-state index in [0.717, 1.165) is 13.1 Å². The highest BCUT2D eigenvalue weighted by atomic mass is 16.1. The molecule has 2 unspecified atom stereocenters. The summed E-state index contributed by atoms with van der Waals surface area (Å²) in [4.78, 5) is 11.3. The van der Waals surface area contributed by atoms with Crippen LogP contribution in [0.25, 0.3) is 0 Å². The number of ketones is 1. The molecule has 0 spiro atoms. The summed E-state index contributed by atoms with van der Waals surface area (Å²) in [6.45, 7) is 4.35. The topological polar surface area (TPSA) is 29.1 Å². The van der Waals surface area contributed by atoms with Crippen LogP contribution in [-0.2, 0) is 4.79 Å². The molecule has 0 bridgehead atoms. The summed E-state index contributed by atoms with van der Waals surface area (Å²) in [7, 11) is 0. The fraction of sp³-hybridized carbons (Fsp3) is 0.750. The molecule has 1 heterocycles. The van der Waals surface area contributed by atoms with Gasteiger partial charge in [-0.05, 0) is 37.8 Å². The lowest BCUT2D eigenvalue weighted by Gasteiger charge is -2.27. The Morgan fingerprint density at radius 3 is 3.07 bits per heavy atom. The van der Waals surface area contributed by atoms with E-state index in [-0.39, 0.29) is 5.78 Å². The van der Waals surface area contributed by atoms with Crippen molar-refractivity contribution in [2.24, 2.45) is 11.8 Å². The predicted molar refractivity (Wildman–Crippen MR) is 57.8 cm³/mol. The van der Waals surface area contributed by atoms with E-state index in [1.54, 1.807) is 0 Å². The Balaban J connectivity index is 2.29. The molecule has 78 valence electrons. The molecule has 1 aliphatic heterocycles. The van der Waals surface area contributed by atoms with E-state index >= 15 is 0 Å². The van der Waals surface area contributed by atoms with Crippen molar-refractivity contribution in [2.75, 3.05) is 13.1 Å². The van der Waals surface area contributed by atoms with Gasteiger partial charge in [0, 0.05) is 6.42 Å². The summed E-state index contributed by atoms with van der Waals surface area (Å²) < 4.78 is 0. The Hall–Kier alpha value is -0.810. The van der Waals surface area contributed by atoms with Crippen LogP contribution in [0.3, 0.4) is 0 Å². The molecule has 0 aromatic rings. The lowest BCUT2D eigenvalue weighted by atomic mass is 9.84. The molecule has 2 atom stereocenters. The normalized spacial score (nSPS) is 23.9. The molecule has 1 N–H and O–H groups in total. The Kier molecular flexibility index (Phi) is 4.69. The van der Waals surface area contributed by atoms with Crippen LogP contribution in [0.1, 0.15) is 32.6 Å². The summed E-state index contributed by atoms with van der Waals surface area (Å²) in [5.41, 5.74) is 0. The highest BCUT2D eigenvalue weighted by Crippen LogP contribution is 2.22. The van der Waals surface area contributed by atoms with E-state index in [4.69, 9.17) is 6.42 Å². The lowest BCUT2D eigenvalue weighted by molar-refractivity contribution is -0.119. The van der Waals surface area contributed by atoms with Crippen molar-refractivity contribution in [1.29, 1.82) is 0 Å². The molecular formula is C12H19NO. The smallest absolute Gasteiger partial charge is 0.145 e. The molecule has 0 saturated carbocycles. The number of Topliss-reactive ketones (excluding diaryl/α,β-unsaturated/α-hetero) is 1. The minimum Gasteiger partial charge on any atom is -0.316 e. The van der Waals surface area contributed by atoms with Gasteiger partial charge in [-0.15, -0.1) is 6.42 Å². The molecule has 1 saturated heterocycles. The SMILES string of the molecule is C#CCC(=O)CC(C)C1CCCNC1. The first-order chi connectivity index (χ1) is 6.74. The van der Waals surface area contributed by atoms with Crippen LogP contribution in [0, 0.1) is 24.2 Å². The Morgan fingerprint density at radius 1 is 1.71 bits per heavy atom. The first kappa shape index (κ1) is 11.3. The summed E-state index contributed by atoms with van der Waals surface area (Å²) in [5.74, 6) is 3.76. The zero-order valence-electron chi connectivity index (χ0n) is 8.88. The van der Waals surface area contributed by atoms with Crippen molar-refractivity contribution < 1.29 is 4.79 Å². The van der Waals surface area contributed by atoms with Crippen molar-refractivity contribution in [2.45, 2.75) is 32.6 Å². The van der Waals surface area contributed by atoms with Gasteiger partial charge in [0.15, 0.2) is 0 Å². The monoisotopic (exact) mass is 193 g/mol. The van der Waals surface area contributed by atoms with Crippen molar-refractivity contribution in [3.8, 4) is 12.3 Å². The summed E-state index contributed by atoms with van der Waals surface area (Å²) >= 11 is 0. The molecule has 14 heavy (non-hydrogen) atoms. The maximum atomic E-state index is 11.3. The highest BCUT2D eigenvalue weighted by Gasteiger charge is 2.21. The number of hydrogen-bond donors (Lipinski definition) is 1. The third-order valence-corrected chi connectivity index (χ3v) is 2.99. The van der Waals surface area contributed by atoms with Crippen LogP contribution in [0.2, 0.25) is 0 Å². The fourth-order valence-corrected chi connectivity index (χ4v) is 2.08. The number of hydrogen-bond acceptors (Lipinski definition) is 2. The first-order valence-electron chi connectivity index (χ1n) is 5.40. The second-order valence-corrected chi connectivity index (χ2v) is 4.21. The van der Waals surface area contributed by atoms with Crippen LogP contribution in [-0.4, -0.2) is 18.9 Å². The van der Waals surface area contributed by atoms with E-state index in [1.807, 2.05) is 0 Å². The Morgan fingerprint density at radius 2 is 2.50 bits per heavy atom. The van der Waals surface area contributed by atoms with Gasteiger partial charge in [-0.25, -0.2) is 0 Å². The Bertz CT molecular complexity index is 223. The number of rotatable bonds is 4. The first-order valence-corrected chi connectivity index (χ1v) is 5.40. The van der Waals surface area contributed by atoms with Crippen LogP contribution in [0.5, 0.6) is 0 Å². The van der Waals surface area contributed by atoms with E-state index in [9.17, 15) is 4.79 Å². The van der Waals surface area contributed by atoms with Crippen molar-refractivity contribution >= 4 is 5.78 Å². The number of carbonyl (C=O) groups is 1. The number of piperidine rings is 1. The minimum atomic E-state index is 0.213. The Labute approximate surface area is 86.5 Å². The van der Waals surface area contributed by atoms with Crippen molar-refractivity contribution in [3.05, 3.63) is 0 Å². The molecule has 1 aliphatic rings. The molecule has 1 rings (SSSR count). The molecule has 0 aromatic carbocycles. The summed E-state index contributed by atoms with van der Waals surface area (Å²) in [6, 6.07) is 0. The van der Waals surface area contributed by atoms with E-state index in [0.29, 0.717) is 24.7 Å². The molecule has 0 aromatic heterocycles. The average molecular weight is 193 g/mol. The summed E-state index contributed by atoms with van der Waals surface area (Å²) in [5, 5.41) is 3.37. The highest BCUT2D eigenvalue weighted by molar-refractivity contribution is 5.80. The van der Waals surface area contributed by atoms with Gasteiger partial charge in [0.05, 0.1) is 6.42 Å². The maximum Gasteiger partial charge on any atom is 0.145 e. The molecule has 2 heteroatoms. The summed E-state index contributed by atoms with van der Waals surface area (Å²) in [6.07, 6.45) is 8.53. The molecular weight excluding hydrogens is 174 g/mol. The van der Waals surface area contributed by atoms with Crippen molar-refractivity contribution in [3.63, 3.8) is 0 Å². The quantitative estimate of drug-likeness (QED) is 0.687. The maximum absolute atomic E-state index is 11.3. The third-order valence-electron chi connectivity index (χ3n) is 2.99. The minimum absolute atomic E-state index is 0.213.